The van der Waals surface area contributed by atoms with Gasteiger partial charge in [0.05, 0.1) is 0 Å². The maximum absolute atomic E-state index is 3.70. The highest BCUT2D eigenvalue weighted by Gasteiger charge is 1.94. The zero-order valence-corrected chi connectivity index (χ0v) is 13.0. The molecule has 0 atom stereocenters. The molecule has 0 unspecified atom stereocenters. The lowest BCUT2D eigenvalue weighted by molar-refractivity contribution is 1.50. The Hall–Kier alpha value is -1.56. The second-order valence-corrected chi connectivity index (χ2v) is 2.72. The molecule has 0 radical (unpaired) electrons. The fourth-order valence-electron chi connectivity index (χ4n) is 1.11. The zero-order chi connectivity index (χ0) is 14.8. The van der Waals surface area contributed by atoms with Gasteiger partial charge >= 0.3 is 0 Å². The van der Waals surface area contributed by atoms with Gasteiger partial charge < -0.3 is 0 Å². The predicted octanol–water partition coefficient (Wildman–Crippen LogP) is 6.42. The first-order chi connectivity index (χ1) is 8.79. The monoisotopic (exact) mass is 246 g/mol. The predicted molar refractivity (Wildman–Crippen MR) is 88.9 cm³/mol. The van der Waals surface area contributed by atoms with E-state index in [2.05, 4.69) is 25.3 Å². The number of hydrogen-bond donors (Lipinski definition) is 0. The topological polar surface area (TPSA) is 0 Å². The fourth-order valence-corrected chi connectivity index (χ4v) is 1.11. The van der Waals surface area contributed by atoms with Crippen LogP contribution in [-0.4, -0.2) is 0 Å². The lowest BCUT2D eigenvalue weighted by Crippen LogP contribution is -1.82. The summed E-state index contributed by atoms with van der Waals surface area (Å²) in [6, 6.07) is 0. The minimum Gasteiger partial charge on any atom is -0.0990 e. The lowest BCUT2D eigenvalue weighted by Gasteiger charge is -2.01. The highest BCUT2D eigenvalue weighted by Crippen LogP contribution is 2.13. The van der Waals surface area contributed by atoms with Gasteiger partial charge in [0.2, 0.25) is 0 Å². The normalized spacial score (nSPS) is 11.4. The summed E-state index contributed by atoms with van der Waals surface area (Å²) in [5, 5.41) is 0. The van der Waals surface area contributed by atoms with E-state index < -0.39 is 0 Å². The van der Waals surface area contributed by atoms with Crippen LogP contribution in [0.5, 0.6) is 0 Å². The summed E-state index contributed by atoms with van der Waals surface area (Å²) in [5.41, 5.74) is 2.28. The minimum absolute atomic E-state index is 1.14. The Morgan fingerprint density at radius 2 is 0.944 bits per heavy atom. The van der Waals surface area contributed by atoms with Gasteiger partial charge in [0.1, 0.15) is 0 Å². The van der Waals surface area contributed by atoms with Crippen LogP contribution >= 0.6 is 0 Å². The molecule has 0 N–H and O–H groups in total. The SMILES string of the molecule is C=C/C=C(/C=C\C)C(\C=C/C)=C/C=C.CC.CC. The molecule has 0 spiro atoms. The van der Waals surface area contributed by atoms with Gasteiger partial charge in [0.25, 0.3) is 0 Å². The van der Waals surface area contributed by atoms with Crippen molar-refractivity contribution in [2.45, 2.75) is 41.5 Å². The average Bonchev–Trinajstić information content (AvgIpc) is 2.43. The van der Waals surface area contributed by atoms with Crippen molar-refractivity contribution in [1.82, 2.24) is 0 Å². The minimum atomic E-state index is 1.14. The second-order valence-electron chi connectivity index (χ2n) is 2.72. The van der Waals surface area contributed by atoms with Gasteiger partial charge in [-0.1, -0.05) is 89.5 Å². The van der Waals surface area contributed by atoms with Crippen molar-refractivity contribution in [2.24, 2.45) is 0 Å². The van der Waals surface area contributed by atoms with Gasteiger partial charge in [0.15, 0.2) is 0 Å². The van der Waals surface area contributed by atoms with Crippen molar-refractivity contribution in [1.29, 1.82) is 0 Å². The van der Waals surface area contributed by atoms with Gasteiger partial charge in [-0.05, 0) is 25.0 Å². The molecule has 0 saturated heterocycles. The summed E-state index contributed by atoms with van der Waals surface area (Å²) >= 11 is 0. The second kappa shape index (κ2) is 20.8. The van der Waals surface area contributed by atoms with Crippen LogP contribution in [0.4, 0.5) is 0 Å². The van der Waals surface area contributed by atoms with Gasteiger partial charge in [-0.25, -0.2) is 0 Å². The molecule has 0 aliphatic rings. The third-order valence-electron chi connectivity index (χ3n) is 1.62. The van der Waals surface area contributed by atoms with E-state index in [0.717, 1.165) is 11.1 Å². The van der Waals surface area contributed by atoms with Crippen LogP contribution in [0.25, 0.3) is 0 Å². The molecule has 102 valence electrons. The van der Waals surface area contributed by atoms with Crippen LogP contribution in [0.15, 0.2) is 72.9 Å². The highest BCUT2D eigenvalue weighted by atomic mass is 14.0. The molecule has 18 heavy (non-hydrogen) atoms. The maximum atomic E-state index is 3.70. The zero-order valence-electron chi connectivity index (χ0n) is 13.0. The van der Waals surface area contributed by atoms with Crippen LogP contribution < -0.4 is 0 Å². The molecule has 0 rings (SSSR count). The quantitative estimate of drug-likeness (QED) is 0.491. The molecule has 0 heteroatoms. The number of allylic oxidation sites excluding steroid dienone is 10. The van der Waals surface area contributed by atoms with E-state index in [1.807, 2.05) is 65.8 Å². The van der Waals surface area contributed by atoms with Crippen LogP contribution in [0.2, 0.25) is 0 Å². The Labute approximate surface area is 115 Å². The standard InChI is InChI=1S/C14H18.2C2H6/c1-5-9-13(10-6-2)14(11-7-3)12-8-4;2*1-2/h5-12H,1,3H2,2,4H3;2*1-2H3/b10-6-,12-8-,13-9-,14-11-;;. The summed E-state index contributed by atoms with van der Waals surface area (Å²) in [5.74, 6) is 0. The fraction of sp³-hybridized carbons (Fsp3) is 0.333. The first-order valence-corrected chi connectivity index (χ1v) is 6.71. The van der Waals surface area contributed by atoms with Crippen molar-refractivity contribution in [3.8, 4) is 0 Å². The molecule has 0 saturated carbocycles. The molecular formula is C18H30. The van der Waals surface area contributed by atoms with Gasteiger partial charge in [0, 0.05) is 0 Å². The molecule has 0 nitrogen and oxygen atoms in total. The van der Waals surface area contributed by atoms with E-state index in [4.69, 9.17) is 0 Å². The molecule has 0 aromatic rings. The van der Waals surface area contributed by atoms with Crippen LogP contribution in [0.1, 0.15) is 41.5 Å². The largest absolute Gasteiger partial charge is 0.0990 e. The van der Waals surface area contributed by atoms with Gasteiger partial charge in [-0.2, -0.15) is 0 Å². The molecule has 0 heterocycles. The molecule has 0 aliphatic carbocycles. The Balaban J connectivity index is -0.000000506. The Kier molecular flexibility index (Phi) is 25.1. The van der Waals surface area contributed by atoms with E-state index in [-0.39, 0.29) is 0 Å². The van der Waals surface area contributed by atoms with E-state index in [9.17, 15) is 0 Å². The van der Waals surface area contributed by atoms with Crippen molar-refractivity contribution >= 4 is 0 Å². The summed E-state index contributed by atoms with van der Waals surface area (Å²) in [4.78, 5) is 0. The lowest BCUT2D eigenvalue weighted by atomic mass is 10.0. The highest BCUT2D eigenvalue weighted by molar-refractivity contribution is 5.48. The van der Waals surface area contributed by atoms with Crippen LogP contribution in [0, 0.1) is 0 Å². The Morgan fingerprint density at radius 3 is 1.11 bits per heavy atom. The molecule has 0 fully saturated rings. The first-order valence-electron chi connectivity index (χ1n) is 6.71. The average molecular weight is 246 g/mol. The van der Waals surface area contributed by atoms with Crippen LogP contribution in [-0.2, 0) is 0 Å². The molecule has 0 aromatic carbocycles. The molecular weight excluding hydrogens is 216 g/mol. The number of rotatable bonds is 5. The number of hydrogen-bond acceptors (Lipinski definition) is 0. The molecule has 0 aromatic heterocycles. The molecule has 0 aliphatic heterocycles. The van der Waals surface area contributed by atoms with Gasteiger partial charge in [-0.3, -0.25) is 0 Å². The van der Waals surface area contributed by atoms with E-state index in [1.165, 1.54) is 0 Å². The van der Waals surface area contributed by atoms with E-state index >= 15 is 0 Å². The van der Waals surface area contributed by atoms with Crippen molar-refractivity contribution < 1.29 is 0 Å². The summed E-state index contributed by atoms with van der Waals surface area (Å²) in [6.45, 7) is 19.4. The summed E-state index contributed by atoms with van der Waals surface area (Å²) < 4.78 is 0. The van der Waals surface area contributed by atoms with E-state index in [0.29, 0.717) is 0 Å². The van der Waals surface area contributed by atoms with Crippen molar-refractivity contribution in [3.05, 3.63) is 72.9 Å². The Bertz CT molecular complexity index is 264. The summed E-state index contributed by atoms with van der Waals surface area (Å²) in [6.07, 6.45) is 15.7. The first kappa shape index (κ1) is 21.7. The van der Waals surface area contributed by atoms with Crippen LogP contribution in [0.3, 0.4) is 0 Å². The van der Waals surface area contributed by atoms with E-state index in [1.54, 1.807) is 12.2 Å². The molecule has 0 bridgehead atoms. The smallest absolute Gasteiger partial charge is 0.0188 e. The summed E-state index contributed by atoms with van der Waals surface area (Å²) in [7, 11) is 0. The van der Waals surface area contributed by atoms with Gasteiger partial charge in [-0.15, -0.1) is 0 Å². The van der Waals surface area contributed by atoms with Crippen molar-refractivity contribution in [2.75, 3.05) is 0 Å². The maximum Gasteiger partial charge on any atom is -0.0188 e. The third kappa shape index (κ3) is 12.5. The van der Waals surface area contributed by atoms with Crippen molar-refractivity contribution in [3.63, 3.8) is 0 Å². The third-order valence-corrected chi connectivity index (χ3v) is 1.62. The Morgan fingerprint density at radius 1 is 0.667 bits per heavy atom. The molecule has 0 amide bonds.